The van der Waals surface area contributed by atoms with Crippen molar-refractivity contribution in [2.24, 2.45) is 0 Å². The van der Waals surface area contributed by atoms with E-state index >= 15 is 0 Å². The van der Waals surface area contributed by atoms with Gasteiger partial charge in [0, 0.05) is 18.0 Å². The molecule has 0 aliphatic carbocycles. The summed E-state index contributed by atoms with van der Waals surface area (Å²) in [6, 6.07) is 15.2. The lowest BCUT2D eigenvalue weighted by atomic mass is 10.1. The Morgan fingerprint density at radius 1 is 1.24 bits per heavy atom. The van der Waals surface area contributed by atoms with Crippen LogP contribution in [-0.2, 0) is 6.42 Å². The summed E-state index contributed by atoms with van der Waals surface area (Å²) >= 11 is 6.03. The average molecular weight is 357 g/mol. The fraction of sp³-hybridized carbons (Fsp3) is 0.263. The molecule has 1 heterocycles. The zero-order valence-corrected chi connectivity index (χ0v) is 14.8. The summed E-state index contributed by atoms with van der Waals surface area (Å²) < 4.78 is 0. The van der Waals surface area contributed by atoms with Crippen LogP contribution in [0.1, 0.15) is 30.8 Å². The number of aromatic amines is 1. The highest BCUT2D eigenvalue weighted by Crippen LogP contribution is 2.20. The molecule has 0 aliphatic heterocycles. The topological polar surface area (TPSA) is 69.8 Å². The van der Waals surface area contributed by atoms with Crippen LogP contribution < -0.4 is 10.6 Å². The Morgan fingerprint density at radius 3 is 2.84 bits per heavy atom. The number of amides is 2. The Morgan fingerprint density at radius 2 is 2.08 bits per heavy atom. The number of nitrogens with one attached hydrogen (secondary N) is 3. The first-order chi connectivity index (χ1) is 12.2. The second-order valence-corrected chi connectivity index (χ2v) is 6.30. The lowest BCUT2D eigenvalue weighted by Gasteiger charge is -2.18. The van der Waals surface area contributed by atoms with E-state index in [4.69, 9.17) is 11.6 Å². The molecule has 0 saturated carbocycles. The van der Waals surface area contributed by atoms with Gasteiger partial charge in [-0.05, 0) is 36.2 Å². The summed E-state index contributed by atoms with van der Waals surface area (Å²) in [6.07, 6.45) is 1.44. The number of carbonyl (C=O) groups is 1. The van der Waals surface area contributed by atoms with E-state index in [1.54, 1.807) is 0 Å². The number of aromatic nitrogens is 2. The van der Waals surface area contributed by atoms with Gasteiger partial charge in [-0.3, -0.25) is 0 Å². The molecule has 1 atom stereocenters. The molecule has 1 aromatic heterocycles. The number of fused-ring (bicyclic) bond motifs is 1. The highest BCUT2D eigenvalue weighted by Gasteiger charge is 2.12. The Labute approximate surface area is 151 Å². The van der Waals surface area contributed by atoms with Crippen molar-refractivity contribution in [3.63, 3.8) is 0 Å². The largest absolute Gasteiger partial charge is 0.342 e. The molecule has 6 heteroatoms. The number of imidazole rings is 1. The van der Waals surface area contributed by atoms with Crippen LogP contribution in [0.15, 0.2) is 48.5 Å². The number of hydrogen-bond acceptors (Lipinski definition) is 2. The van der Waals surface area contributed by atoms with Gasteiger partial charge in [-0.1, -0.05) is 42.8 Å². The van der Waals surface area contributed by atoms with Gasteiger partial charge >= 0.3 is 6.03 Å². The van der Waals surface area contributed by atoms with Gasteiger partial charge in [0.1, 0.15) is 5.82 Å². The van der Waals surface area contributed by atoms with E-state index in [1.165, 1.54) is 0 Å². The molecule has 0 fully saturated rings. The predicted molar refractivity (Wildman–Crippen MR) is 101 cm³/mol. The van der Waals surface area contributed by atoms with Gasteiger partial charge < -0.3 is 15.6 Å². The van der Waals surface area contributed by atoms with Crippen LogP contribution in [-0.4, -0.2) is 22.5 Å². The van der Waals surface area contributed by atoms with Crippen molar-refractivity contribution in [3.05, 3.63) is 64.9 Å². The van der Waals surface area contributed by atoms with Crippen LogP contribution in [0.4, 0.5) is 4.79 Å². The van der Waals surface area contributed by atoms with Gasteiger partial charge in [0.05, 0.1) is 17.1 Å². The van der Waals surface area contributed by atoms with Crippen LogP contribution in [0.25, 0.3) is 11.0 Å². The Hall–Kier alpha value is -2.53. The minimum Gasteiger partial charge on any atom is -0.342 e. The summed E-state index contributed by atoms with van der Waals surface area (Å²) in [5, 5.41) is 6.53. The number of benzene rings is 2. The molecule has 0 bridgehead atoms. The Kier molecular flexibility index (Phi) is 5.56. The highest BCUT2D eigenvalue weighted by atomic mass is 35.5. The summed E-state index contributed by atoms with van der Waals surface area (Å²) in [7, 11) is 0. The number of nitrogens with zero attached hydrogens (tertiary/aromatic N) is 1. The SMILES string of the molecule is CCC(NC(=O)NCCc1nc2ccccc2[nH]1)c1cccc(Cl)c1. The van der Waals surface area contributed by atoms with E-state index in [0.29, 0.717) is 18.0 Å². The van der Waals surface area contributed by atoms with Crippen molar-refractivity contribution in [1.82, 2.24) is 20.6 Å². The molecular weight excluding hydrogens is 336 g/mol. The monoisotopic (exact) mass is 356 g/mol. The molecule has 25 heavy (non-hydrogen) atoms. The van der Waals surface area contributed by atoms with Gasteiger partial charge in [0.25, 0.3) is 0 Å². The molecule has 3 N–H and O–H groups in total. The number of para-hydroxylation sites is 2. The molecule has 0 radical (unpaired) electrons. The maximum atomic E-state index is 12.1. The minimum atomic E-state index is -0.192. The van der Waals surface area contributed by atoms with E-state index in [9.17, 15) is 4.79 Å². The molecule has 0 aliphatic rings. The Bertz CT molecular complexity index is 828. The van der Waals surface area contributed by atoms with Crippen LogP contribution in [0.2, 0.25) is 5.02 Å². The van der Waals surface area contributed by atoms with Crippen LogP contribution >= 0.6 is 11.6 Å². The predicted octanol–water partition coefficient (Wildman–Crippen LogP) is 4.21. The van der Waals surface area contributed by atoms with E-state index in [2.05, 4.69) is 20.6 Å². The zero-order valence-electron chi connectivity index (χ0n) is 14.1. The van der Waals surface area contributed by atoms with E-state index < -0.39 is 0 Å². The average Bonchev–Trinajstić information content (AvgIpc) is 3.02. The van der Waals surface area contributed by atoms with Gasteiger partial charge in [0.2, 0.25) is 0 Å². The molecule has 130 valence electrons. The maximum absolute atomic E-state index is 12.1. The molecule has 5 nitrogen and oxygen atoms in total. The number of rotatable bonds is 6. The van der Waals surface area contributed by atoms with Crippen LogP contribution in [0, 0.1) is 0 Å². The van der Waals surface area contributed by atoms with E-state index in [0.717, 1.165) is 28.8 Å². The molecule has 3 rings (SSSR count). The maximum Gasteiger partial charge on any atom is 0.315 e. The van der Waals surface area contributed by atoms with Crippen molar-refractivity contribution in [3.8, 4) is 0 Å². The first kappa shape index (κ1) is 17.3. The smallest absolute Gasteiger partial charge is 0.315 e. The molecule has 1 unspecified atom stereocenters. The molecule has 0 saturated heterocycles. The van der Waals surface area contributed by atoms with Crippen molar-refractivity contribution < 1.29 is 4.79 Å². The number of H-pyrrole nitrogens is 1. The summed E-state index contributed by atoms with van der Waals surface area (Å²) in [6.45, 7) is 2.54. The first-order valence-corrected chi connectivity index (χ1v) is 8.77. The standard InChI is InChI=1S/C19H21ClN4O/c1-2-15(13-6-5-7-14(20)12-13)24-19(25)21-11-10-18-22-16-8-3-4-9-17(16)23-18/h3-9,12,15H,2,10-11H2,1H3,(H,22,23)(H2,21,24,25). The number of urea groups is 1. The minimum absolute atomic E-state index is 0.0649. The third-order valence-corrected chi connectivity index (χ3v) is 4.29. The van der Waals surface area contributed by atoms with Crippen molar-refractivity contribution >= 4 is 28.7 Å². The zero-order chi connectivity index (χ0) is 17.6. The van der Waals surface area contributed by atoms with Crippen LogP contribution in [0.5, 0.6) is 0 Å². The Balaban J connectivity index is 1.51. The second-order valence-electron chi connectivity index (χ2n) is 5.87. The quantitative estimate of drug-likeness (QED) is 0.619. The second kappa shape index (κ2) is 8.03. The van der Waals surface area contributed by atoms with Crippen LogP contribution in [0.3, 0.4) is 0 Å². The summed E-state index contributed by atoms with van der Waals surface area (Å²) in [4.78, 5) is 19.9. The van der Waals surface area contributed by atoms with Gasteiger partial charge in [-0.25, -0.2) is 9.78 Å². The fourth-order valence-corrected chi connectivity index (χ4v) is 2.97. The molecule has 0 spiro atoms. The van der Waals surface area contributed by atoms with Crippen molar-refractivity contribution in [1.29, 1.82) is 0 Å². The number of halogens is 1. The molecule has 3 aromatic rings. The lowest BCUT2D eigenvalue weighted by molar-refractivity contribution is 0.237. The van der Waals surface area contributed by atoms with Crippen molar-refractivity contribution in [2.45, 2.75) is 25.8 Å². The molecule has 2 amide bonds. The highest BCUT2D eigenvalue weighted by molar-refractivity contribution is 6.30. The molecule has 2 aromatic carbocycles. The lowest BCUT2D eigenvalue weighted by Crippen LogP contribution is -2.38. The normalized spacial score (nSPS) is 12.1. The summed E-state index contributed by atoms with van der Waals surface area (Å²) in [5.74, 6) is 0.864. The van der Waals surface area contributed by atoms with Crippen molar-refractivity contribution in [2.75, 3.05) is 6.54 Å². The fourth-order valence-electron chi connectivity index (χ4n) is 2.77. The summed E-state index contributed by atoms with van der Waals surface area (Å²) in [5.41, 5.74) is 2.95. The molecular formula is C19H21ClN4O. The third kappa shape index (κ3) is 4.51. The van der Waals surface area contributed by atoms with Gasteiger partial charge in [-0.2, -0.15) is 0 Å². The first-order valence-electron chi connectivity index (χ1n) is 8.39. The number of hydrogen-bond donors (Lipinski definition) is 3. The van der Waals surface area contributed by atoms with Gasteiger partial charge in [0.15, 0.2) is 0 Å². The third-order valence-electron chi connectivity index (χ3n) is 4.05. The van der Waals surface area contributed by atoms with E-state index in [-0.39, 0.29) is 12.1 Å². The van der Waals surface area contributed by atoms with E-state index in [1.807, 2.05) is 55.5 Å². The number of carbonyl (C=O) groups excluding carboxylic acids is 1. The van der Waals surface area contributed by atoms with Gasteiger partial charge in [-0.15, -0.1) is 0 Å².